The Labute approximate surface area is 101 Å². The molecule has 2 aromatic rings. The second-order valence-corrected chi connectivity index (χ2v) is 4.24. The number of aromatic nitrogens is 2. The summed E-state index contributed by atoms with van der Waals surface area (Å²) in [5.41, 5.74) is 1.92. The van der Waals surface area contributed by atoms with E-state index in [0.717, 1.165) is 16.6 Å². The average Bonchev–Trinajstić information content (AvgIpc) is 2.66. The quantitative estimate of drug-likeness (QED) is 0.862. The average molecular weight is 231 g/mol. The molecule has 2 rings (SSSR count). The van der Waals surface area contributed by atoms with Gasteiger partial charge in [0.25, 0.3) is 0 Å². The number of nitrogens with one attached hydrogen (secondary N) is 1. The van der Waals surface area contributed by atoms with Crippen molar-refractivity contribution in [1.29, 1.82) is 0 Å². The number of fused-ring (bicyclic) bond motifs is 1. The molecule has 90 valence electrons. The highest BCUT2D eigenvalue weighted by Gasteiger charge is 2.15. The van der Waals surface area contributed by atoms with E-state index < -0.39 is 0 Å². The van der Waals surface area contributed by atoms with Crippen molar-refractivity contribution in [2.75, 3.05) is 7.05 Å². The van der Waals surface area contributed by atoms with Crippen LogP contribution in [0.2, 0.25) is 0 Å². The maximum absolute atomic E-state index is 11.9. The molecular weight excluding hydrogens is 214 g/mol. The third kappa shape index (κ3) is 2.22. The van der Waals surface area contributed by atoms with Crippen molar-refractivity contribution in [1.82, 2.24) is 15.1 Å². The van der Waals surface area contributed by atoms with Crippen LogP contribution >= 0.6 is 0 Å². The molecule has 1 N–H and O–H groups in total. The molecule has 4 heteroatoms. The smallest absolute Gasteiger partial charge is 0.155 e. The molecule has 0 amide bonds. The first-order valence-electron chi connectivity index (χ1n) is 5.74. The summed E-state index contributed by atoms with van der Waals surface area (Å²) >= 11 is 0. The lowest BCUT2D eigenvalue weighted by Crippen LogP contribution is -2.32. The van der Waals surface area contributed by atoms with Crippen LogP contribution in [-0.2, 0) is 18.3 Å². The first kappa shape index (κ1) is 11.8. The van der Waals surface area contributed by atoms with Crippen LogP contribution in [0.4, 0.5) is 0 Å². The summed E-state index contributed by atoms with van der Waals surface area (Å²) in [7, 11) is 3.69. The first-order valence-corrected chi connectivity index (χ1v) is 5.74. The summed E-state index contributed by atoms with van der Waals surface area (Å²) in [6.45, 7) is 1.87. The van der Waals surface area contributed by atoms with Crippen molar-refractivity contribution in [3.05, 3.63) is 30.0 Å². The van der Waals surface area contributed by atoms with Crippen LogP contribution in [0.5, 0.6) is 0 Å². The molecule has 1 aromatic carbocycles. The van der Waals surface area contributed by atoms with Crippen LogP contribution in [0.3, 0.4) is 0 Å². The van der Waals surface area contributed by atoms with Gasteiger partial charge >= 0.3 is 0 Å². The number of ketones is 1. The van der Waals surface area contributed by atoms with Crippen LogP contribution in [-0.4, -0.2) is 28.7 Å². The Bertz CT molecular complexity index is 545. The van der Waals surface area contributed by atoms with Crippen LogP contribution in [0.25, 0.3) is 10.9 Å². The number of nitrogens with zero attached hydrogens (tertiary/aromatic N) is 2. The topological polar surface area (TPSA) is 46.9 Å². The van der Waals surface area contributed by atoms with E-state index in [0.29, 0.717) is 6.42 Å². The van der Waals surface area contributed by atoms with Gasteiger partial charge in [-0.15, -0.1) is 0 Å². The van der Waals surface area contributed by atoms with E-state index in [4.69, 9.17) is 0 Å². The van der Waals surface area contributed by atoms with Gasteiger partial charge in [-0.3, -0.25) is 9.48 Å². The van der Waals surface area contributed by atoms with Crippen molar-refractivity contribution < 1.29 is 4.79 Å². The molecule has 0 spiro atoms. The molecule has 0 aliphatic rings. The number of benzene rings is 1. The maximum Gasteiger partial charge on any atom is 0.155 e. The lowest BCUT2D eigenvalue weighted by Gasteiger charge is -2.07. The molecule has 0 saturated carbocycles. The van der Waals surface area contributed by atoms with Crippen molar-refractivity contribution in [2.24, 2.45) is 7.05 Å². The number of para-hydroxylation sites is 1. The SMILES string of the molecule is CNC(C)C(=O)Cc1nn(C)c2ccccc12. The standard InChI is InChI=1S/C13H17N3O/c1-9(14-2)13(17)8-11-10-6-4-5-7-12(10)16(3)15-11/h4-7,9,14H,8H2,1-3H3. The summed E-state index contributed by atoms with van der Waals surface area (Å²) in [6.07, 6.45) is 0.378. The molecule has 0 bridgehead atoms. The highest BCUT2D eigenvalue weighted by atomic mass is 16.1. The van der Waals surface area contributed by atoms with E-state index in [9.17, 15) is 4.79 Å². The second kappa shape index (κ2) is 4.67. The Kier molecular flexibility index (Phi) is 3.24. The fraction of sp³-hybridized carbons (Fsp3) is 0.385. The highest BCUT2D eigenvalue weighted by Crippen LogP contribution is 2.18. The zero-order chi connectivity index (χ0) is 12.4. The summed E-state index contributed by atoms with van der Waals surface area (Å²) in [6, 6.07) is 7.84. The van der Waals surface area contributed by atoms with Gasteiger partial charge in [0, 0.05) is 12.4 Å². The molecule has 0 aliphatic heterocycles. The van der Waals surface area contributed by atoms with Crippen LogP contribution in [0.15, 0.2) is 24.3 Å². The van der Waals surface area contributed by atoms with Crippen molar-refractivity contribution in [3.63, 3.8) is 0 Å². The monoisotopic (exact) mass is 231 g/mol. The molecule has 1 unspecified atom stereocenters. The third-order valence-electron chi connectivity index (χ3n) is 3.09. The Morgan fingerprint density at radius 3 is 2.88 bits per heavy atom. The summed E-state index contributed by atoms with van der Waals surface area (Å²) in [5.74, 6) is 0.163. The van der Waals surface area contributed by atoms with Crippen LogP contribution in [0.1, 0.15) is 12.6 Å². The predicted molar refractivity (Wildman–Crippen MR) is 67.9 cm³/mol. The van der Waals surface area contributed by atoms with Gasteiger partial charge in [0.2, 0.25) is 0 Å². The highest BCUT2D eigenvalue weighted by molar-refractivity contribution is 5.90. The van der Waals surface area contributed by atoms with E-state index >= 15 is 0 Å². The molecular formula is C13H17N3O. The maximum atomic E-state index is 11.9. The van der Waals surface area contributed by atoms with Gasteiger partial charge in [-0.05, 0) is 20.0 Å². The van der Waals surface area contributed by atoms with Crippen molar-refractivity contribution >= 4 is 16.7 Å². The number of carbonyl (C=O) groups excluding carboxylic acids is 1. The lowest BCUT2D eigenvalue weighted by molar-refractivity contribution is -0.119. The minimum atomic E-state index is -0.129. The predicted octanol–water partition coefficient (Wildman–Crippen LogP) is 1.29. The van der Waals surface area contributed by atoms with E-state index in [1.165, 1.54) is 0 Å². The number of hydrogen-bond donors (Lipinski definition) is 1. The van der Waals surface area contributed by atoms with Gasteiger partial charge in [-0.25, -0.2) is 0 Å². The Morgan fingerprint density at radius 2 is 2.18 bits per heavy atom. The van der Waals surface area contributed by atoms with Crippen LogP contribution < -0.4 is 5.32 Å². The van der Waals surface area contributed by atoms with Gasteiger partial charge in [0.05, 0.1) is 23.7 Å². The Balaban J connectivity index is 2.34. The molecule has 1 atom stereocenters. The lowest BCUT2D eigenvalue weighted by atomic mass is 10.1. The minimum Gasteiger partial charge on any atom is -0.311 e. The number of aryl methyl sites for hydroxylation is 1. The summed E-state index contributed by atoms with van der Waals surface area (Å²) < 4.78 is 1.82. The number of hydrogen-bond acceptors (Lipinski definition) is 3. The molecule has 0 radical (unpaired) electrons. The van der Waals surface area contributed by atoms with Crippen molar-refractivity contribution in [3.8, 4) is 0 Å². The second-order valence-electron chi connectivity index (χ2n) is 4.24. The molecule has 4 nitrogen and oxygen atoms in total. The number of Topliss-reactive ketones (excluding diaryl/α,β-unsaturated/α-hetero) is 1. The van der Waals surface area contributed by atoms with Gasteiger partial charge in [0.1, 0.15) is 0 Å². The zero-order valence-electron chi connectivity index (χ0n) is 10.4. The van der Waals surface area contributed by atoms with Gasteiger partial charge in [-0.2, -0.15) is 5.10 Å². The molecule has 17 heavy (non-hydrogen) atoms. The Morgan fingerprint density at radius 1 is 1.47 bits per heavy atom. The fourth-order valence-corrected chi connectivity index (χ4v) is 1.90. The third-order valence-corrected chi connectivity index (χ3v) is 3.09. The van der Waals surface area contributed by atoms with E-state index in [1.807, 2.05) is 42.9 Å². The molecule has 0 saturated heterocycles. The Hall–Kier alpha value is -1.68. The van der Waals surface area contributed by atoms with Gasteiger partial charge in [0.15, 0.2) is 5.78 Å². The number of rotatable bonds is 4. The molecule has 0 aliphatic carbocycles. The largest absolute Gasteiger partial charge is 0.311 e. The normalized spacial score (nSPS) is 12.9. The van der Waals surface area contributed by atoms with E-state index in [1.54, 1.807) is 7.05 Å². The fourth-order valence-electron chi connectivity index (χ4n) is 1.90. The summed E-state index contributed by atoms with van der Waals surface area (Å²) in [4.78, 5) is 11.9. The minimum absolute atomic E-state index is 0.129. The zero-order valence-corrected chi connectivity index (χ0v) is 10.4. The first-order chi connectivity index (χ1) is 8.13. The van der Waals surface area contributed by atoms with Crippen molar-refractivity contribution in [2.45, 2.75) is 19.4 Å². The summed E-state index contributed by atoms with van der Waals surface area (Å²) in [5, 5.41) is 8.43. The molecule has 0 fully saturated rings. The van der Waals surface area contributed by atoms with E-state index in [2.05, 4.69) is 10.4 Å². The molecule has 1 heterocycles. The van der Waals surface area contributed by atoms with Gasteiger partial charge in [-0.1, -0.05) is 18.2 Å². The van der Waals surface area contributed by atoms with Crippen LogP contribution in [0, 0.1) is 0 Å². The van der Waals surface area contributed by atoms with E-state index in [-0.39, 0.29) is 11.8 Å². The number of carbonyl (C=O) groups is 1. The van der Waals surface area contributed by atoms with Gasteiger partial charge < -0.3 is 5.32 Å². The number of likely N-dealkylation sites (N-methyl/N-ethyl adjacent to an activating group) is 1. The molecule has 1 aromatic heterocycles.